The summed E-state index contributed by atoms with van der Waals surface area (Å²) in [5.41, 5.74) is 2.57. The molecule has 5 heteroatoms. The molecule has 0 radical (unpaired) electrons. The molecular formula is C17H17ClN2O2. The van der Waals surface area contributed by atoms with Crippen molar-refractivity contribution in [3.63, 3.8) is 0 Å². The van der Waals surface area contributed by atoms with Crippen LogP contribution in [0.1, 0.15) is 37.7 Å². The van der Waals surface area contributed by atoms with Gasteiger partial charge in [0.1, 0.15) is 18.4 Å². The highest BCUT2D eigenvalue weighted by Gasteiger charge is 2.41. The van der Waals surface area contributed by atoms with Gasteiger partial charge in [-0.2, -0.15) is 0 Å². The summed E-state index contributed by atoms with van der Waals surface area (Å²) in [6.45, 7) is 0. The van der Waals surface area contributed by atoms with Gasteiger partial charge in [0.15, 0.2) is 0 Å². The molecular weight excluding hydrogens is 300 g/mol. The van der Waals surface area contributed by atoms with Crippen LogP contribution in [0.25, 0.3) is 0 Å². The smallest absolute Gasteiger partial charge is 0.144 e. The quantitative estimate of drug-likeness (QED) is 0.584. The van der Waals surface area contributed by atoms with E-state index >= 15 is 0 Å². The molecule has 0 unspecified atom stereocenters. The van der Waals surface area contributed by atoms with Crippen LogP contribution in [0.5, 0.6) is 0 Å². The maximum Gasteiger partial charge on any atom is 0.144 e. The van der Waals surface area contributed by atoms with Crippen LogP contribution in [0, 0.1) is 11.8 Å². The lowest BCUT2D eigenvalue weighted by atomic mass is 9.81. The van der Waals surface area contributed by atoms with Crippen LogP contribution in [0.15, 0.2) is 34.6 Å². The molecule has 0 N–H and O–H groups in total. The van der Waals surface area contributed by atoms with E-state index in [1.54, 1.807) is 7.11 Å². The van der Waals surface area contributed by atoms with Crippen LogP contribution in [0.3, 0.4) is 0 Å². The summed E-state index contributed by atoms with van der Waals surface area (Å²) in [6, 6.07) is 7.49. The molecule has 1 aliphatic heterocycles. The van der Waals surface area contributed by atoms with Gasteiger partial charge in [0.2, 0.25) is 0 Å². The maximum absolute atomic E-state index is 5.95. The second-order valence-corrected chi connectivity index (χ2v) is 6.03. The van der Waals surface area contributed by atoms with Gasteiger partial charge in [-0.15, -0.1) is 0 Å². The normalized spacial score (nSPS) is 23.4. The average molecular weight is 317 g/mol. The molecule has 1 aromatic carbocycles. The zero-order chi connectivity index (χ0) is 15.4. The van der Waals surface area contributed by atoms with E-state index in [9.17, 15) is 0 Å². The summed E-state index contributed by atoms with van der Waals surface area (Å²) in [4.78, 5) is 10.5. The summed E-state index contributed by atoms with van der Waals surface area (Å²) < 4.78 is 0. The van der Waals surface area contributed by atoms with Gasteiger partial charge in [0.25, 0.3) is 0 Å². The second-order valence-electron chi connectivity index (χ2n) is 5.59. The molecule has 1 saturated carbocycles. The van der Waals surface area contributed by atoms with Gasteiger partial charge < -0.3 is 9.68 Å². The number of rotatable bonds is 1. The van der Waals surface area contributed by atoms with E-state index in [0.717, 1.165) is 49.1 Å². The summed E-state index contributed by atoms with van der Waals surface area (Å²) in [5, 5.41) is 8.87. The number of oxime groups is 2. The van der Waals surface area contributed by atoms with Crippen LogP contribution >= 0.6 is 11.6 Å². The Hall–Kier alpha value is -1.99. The first-order chi connectivity index (χ1) is 10.7. The first-order valence-electron chi connectivity index (χ1n) is 7.31. The molecule has 3 rings (SSSR count). The van der Waals surface area contributed by atoms with Crippen molar-refractivity contribution in [3.8, 4) is 11.8 Å². The Morgan fingerprint density at radius 3 is 2.86 bits per heavy atom. The van der Waals surface area contributed by atoms with E-state index in [4.69, 9.17) is 21.3 Å². The Morgan fingerprint density at radius 2 is 2.14 bits per heavy atom. The summed E-state index contributed by atoms with van der Waals surface area (Å²) in [6.07, 6.45) is 4.35. The van der Waals surface area contributed by atoms with Crippen LogP contribution in [0.4, 0.5) is 0 Å². The monoisotopic (exact) mass is 316 g/mol. The molecule has 0 amide bonds. The van der Waals surface area contributed by atoms with Gasteiger partial charge in [0, 0.05) is 17.0 Å². The molecule has 0 atom stereocenters. The molecule has 114 valence electrons. The van der Waals surface area contributed by atoms with Gasteiger partial charge in [-0.3, -0.25) is 0 Å². The standard InChI is InChI=1S/C17H17ClN2O2/c1-21-19-15-7-9-17(10-8-15)12-16(20-22-17)6-5-13-3-2-4-14(18)11-13/h2-4,11H,7-10,12H2,1H3. The van der Waals surface area contributed by atoms with Gasteiger partial charge >= 0.3 is 0 Å². The predicted molar refractivity (Wildman–Crippen MR) is 87.1 cm³/mol. The van der Waals surface area contributed by atoms with E-state index in [1.807, 2.05) is 24.3 Å². The lowest BCUT2D eigenvalue weighted by molar-refractivity contribution is -0.0335. The molecule has 2 aliphatic rings. The van der Waals surface area contributed by atoms with Crippen molar-refractivity contribution < 1.29 is 9.68 Å². The first kappa shape index (κ1) is 14.9. The zero-order valence-corrected chi connectivity index (χ0v) is 13.2. The molecule has 1 aliphatic carbocycles. The Labute approximate surface area is 135 Å². The second kappa shape index (κ2) is 6.41. The fourth-order valence-corrected chi connectivity index (χ4v) is 2.97. The van der Waals surface area contributed by atoms with E-state index in [0.29, 0.717) is 5.02 Å². The number of hydrogen-bond acceptors (Lipinski definition) is 4. The highest BCUT2D eigenvalue weighted by Crippen LogP contribution is 2.37. The minimum atomic E-state index is -0.203. The van der Waals surface area contributed by atoms with Gasteiger partial charge in [-0.05, 0) is 49.8 Å². The van der Waals surface area contributed by atoms with Crippen molar-refractivity contribution in [1.82, 2.24) is 0 Å². The fourth-order valence-electron chi connectivity index (χ4n) is 2.78. The van der Waals surface area contributed by atoms with Crippen LogP contribution in [-0.2, 0) is 9.68 Å². The minimum Gasteiger partial charge on any atom is -0.399 e. The summed E-state index contributed by atoms with van der Waals surface area (Å²) in [5.74, 6) is 6.18. The lowest BCUT2D eigenvalue weighted by Crippen LogP contribution is -2.34. The van der Waals surface area contributed by atoms with Crippen molar-refractivity contribution in [1.29, 1.82) is 0 Å². The molecule has 1 aromatic rings. The Kier molecular flexibility index (Phi) is 4.35. The molecule has 1 spiro atoms. The maximum atomic E-state index is 5.95. The predicted octanol–water partition coefficient (Wildman–Crippen LogP) is 3.78. The Balaban J connectivity index is 1.62. The first-order valence-corrected chi connectivity index (χ1v) is 7.68. The molecule has 0 aromatic heterocycles. The molecule has 22 heavy (non-hydrogen) atoms. The highest BCUT2D eigenvalue weighted by atomic mass is 35.5. The number of halogens is 1. The number of hydrogen-bond donors (Lipinski definition) is 0. The van der Waals surface area contributed by atoms with Crippen molar-refractivity contribution >= 4 is 23.0 Å². The van der Waals surface area contributed by atoms with Gasteiger partial charge in [-0.1, -0.05) is 33.9 Å². The largest absolute Gasteiger partial charge is 0.399 e. The summed E-state index contributed by atoms with van der Waals surface area (Å²) in [7, 11) is 1.58. The van der Waals surface area contributed by atoms with E-state index < -0.39 is 0 Å². The van der Waals surface area contributed by atoms with E-state index in [-0.39, 0.29) is 5.60 Å². The van der Waals surface area contributed by atoms with Crippen LogP contribution < -0.4 is 0 Å². The number of nitrogens with zero attached hydrogens (tertiary/aromatic N) is 2. The zero-order valence-electron chi connectivity index (χ0n) is 12.4. The molecule has 4 nitrogen and oxygen atoms in total. The third kappa shape index (κ3) is 3.42. The van der Waals surface area contributed by atoms with Crippen LogP contribution in [0.2, 0.25) is 5.02 Å². The van der Waals surface area contributed by atoms with Gasteiger partial charge in [0.05, 0.1) is 5.71 Å². The summed E-state index contributed by atoms with van der Waals surface area (Å²) >= 11 is 5.95. The van der Waals surface area contributed by atoms with Crippen molar-refractivity contribution in [3.05, 3.63) is 34.9 Å². The highest BCUT2D eigenvalue weighted by molar-refractivity contribution is 6.30. The molecule has 1 heterocycles. The molecule has 0 bridgehead atoms. The molecule has 1 fully saturated rings. The number of benzene rings is 1. The third-order valence-corrected chi connectivity index (χ3v) is 4.21. The average Bonchev–Trinajstić information content (AvgIpc) is 2.91. The topological polar surface area (TPSA) is 43.2 Å². The van der Waals surface area contributed by atoms with E-state index in [2.05, 4.69) is 22.2 Å². The van der Waals surface area contributed by atoms with Crippen LogP contribution in [-0.4, -0.2) is 24.1 Å². The Morgan fingerprint density at radius 1 is 1.32 bits per heavy atom. The Bertz CT molecular complexity index is 675. The van der Waals surface area contributed by atoms with Crippen molar-refractivity contribution in [2.75, 3.05) is 7.11 Å². The third-order valence-electron chi connectivity index (χ3n) is 3.97. The van der Waals surface area contributed by atoms with Crippen molar-refractivity contribution in [2.24, 2.45) is 10.3 Å². The van der Waals surface area contributed by atoms with E-state index in [1.165, 1.54) is 0 Å². The van der Waals surface area contributed by atoms with Crippen molar-refractivity contribution in [2.45, 2.75) is 37.7 Å². The van der Waals surface area contributed by atoms with Gasteiger partial charge in [-0.25, -0.2) is 0 Å². The lowest BCUT2D eigenvalue weighted by Gasteiger charge is -2.30. The fraction of sp³-hybridized carbons (Fsp3) is 0.412. The SMILES string of the molecule is CON=C1CCC2(CC1)CC(C#Cc1cccc(Cl)c1)=NO2. The molecule has 0 saturated heterocycles. The minimum absolute atomic E-state index is 0.203.